The first-order chi connectivity index (χ1) is 19.8. The lowest BCUT2D eigenvalue weighted by atomic mass is 9.81. The summed E-state index contributed by atoms with van der Waals surface area (Å²) in [4.78, 5) is 23.1. The Kier molecular flexibility index (Phi) is 9.65. The van der Waals surface area contributed by atoms with Crippen molar-refractivity contribution in [3.63, 3.8) is 0 Å². The Morgan fingerprint density at radius 3 is 2.24 bits per heavy atom. The molecule has 12 heteroatoms. The highest BCUT2D eigenvalue weighted by Gasteiger charge is 2.32. The molecule has 1 saturated carbocycles. The van der Waals surface area contributed by atoms with Gasteiger partial charge in [0.25, 0.3) is 5.91 Å². The van der Waals surface area contributed by atoms with E-state index < -0.39 is 33.5 Å². The molecule has 1 atom stereocenters. The number of hydrogen-bond donors (Lipinski definition) is 3. The molecule has 4 rings (SSSR count). The number of amides is 1. The van der Waals surface area contributed by atoms with Gasteiger partial charge in [0.05, 0.1) is 18.0 Å². The number of carboxylic acids is 1. The fourth-order valence-electron chi connectivity index (χ4n) is 5.22. The van der Waals surface area contributed by atoms with Crippen LogP contribution in [-0.4, -0.2) is 38.2 Å². The molecule has 1 unspecified atom stereocenters. The number of rotatable bonds is 11. The summed E-state index contributed by atoms with van der Waals surface area (Å²) in [6.45, 7) is 0.00277. The van der Waals surface area contributed by atoms with E-state index in [9.17, 15) is 31.2 Å². The summed E-state index contributed by atoms with van der Waals surface area (Å²) in [5.41, 5.74) is 1.25. The van der Waals surface area contributed by atoms with E-state index >= 15 is 0 Å². The van der Waals surface area contributed by atoms with Crippen molar-refractivity contribution in [2.75, 3.05) is 18.1 Å². The topological polar surface area (TPSA) is 126 Å². The third kappa shape index (κ3) is 8.37. The van der Waals surface area contributed by atoms with Crippen LogP contribution in [-0.2, 0) is 26.6 Å². The molecule has 226 valence electrons. The number of benzene rings is 2. The van der Waals surface area contributed by atoms with Crippen LogP contribution in [0.5, 0.6) is 0 Å². The minimum atomic E-state index is -4.49. The van der Waals surface area contributed by atoms with Crippen molar-refractivity contribution in [2.24, 2.45) is 5.92 Å². The quantitative estimate of drug-likeness (QED) is 0.229. The minimum absolute atomic E-state index is 0.00277. The lowest BCUT2D eigenvalue weighted by molar-refractivity contribution is -0.138. The summed E-state index contributed by atoms with van der Waals surface area (Å²) in [6.07, 6.45) is 1.30. The Balaban J connectivity index is 1.66. The van der Waals surface area contributed by atoms with Gasteiger partial charge in [-0.2, -0.15) is 13.2 Å². The molecule has 3 N–H and O–H groups in total. The zero-order chi connectivity index (χ0) is 30.5. The van der Waals surface area contributed by atoms with E-state index in [-0.39, 0.29) is 42.2 Å². The summed E-state index contributed by atoms with van der Waals surface area (Å²) in [6, 6.07) is 12.5. The molecular formula is C30H33F3N2O6S. The van der Waals surface area contributed by atoms with Gasteiger partial charge in [0, 0.05) is 35.2 Å². The second kappa shape index (κ2) is 13.0. The number of carboxylic acid groups (broad SMARTS) is 1. The predicted molar refractivity (Wildman–Crippen MR) is 152 cm³/mol. The van der Waals surface area contributed by atoms with Gasteiger partial charge in [0.1, 0.15) is 17.3 Å². The van der Waals surface area contributed by atoms with Gasteiger partial charge in [-0.3, -0.25) is 9.59 Å². The number of aliphatic carboxylic acids is 1. The van der Waals surface area contributed by atoms with Crippen LogP contribution in [0.15, 0.2) is 59.0 Å². The van der Waals surface area contributed by atoms with Crippen LogP contribution in [0.25, 0.3) is 11.3 Å². The Morgan fingerprint density at radius 2 is 1.67 bits per heavy atom. The van der Waals surface area contributed by atoms with Crippen molar-refractivity contribution in [1.29, 1.82) is 0 Å². The first kappa shape index (κ1) is 31.1. The Labute approximate surface area is 242 Å². The van der Waals surface area contributed by atoms with Crippen molar-refractivity contribution in [3.8, 4) is 11.3 Å². The first-order valence-electron chi connectivity index (χ1n) is 13.6. The second-order valence-corrected chi connectivity index (χ2v) is 12.8. The van der Waals surface area contributed by atoms with E-state index in [4.69, 9.17) is 9.52 Å². The second-order valence-electron chi connectivity index (χ2n) is 10.6. The molecule has 8 nitrogen and oxygen atoms in total. The van der Waals surface area contributed by atoms with Crippen LogP contribution in [0.4, 0.5) is 18.9 Å². The molecule has 0 saturated heterocycles. The first-order valence-corrected chi connectivity index (χ1v) is 15.7. The highest BCUT2D eigenvalue weighted by atomic mass is 32.2. The molecule has 1 amide bonds. The number of sulfone groups is 1. The number of carbonyl (C=O) groups is 2. The van der Waals surface area contributed by atoms with Gasteiger partial charge < -0.3 is 20.2 Å². The number of hydrogen-bond acceptors (Lipinski definition) is 6. The molecule has 1 heterocycles. The fourth-order valence-corrected chi connectivity index (χ4v) is 5.92. The molecule has 0 radical (unpaired) electrons. The molecule has 1 aliphatic carbocycles. The number of furan rings is 1. The van der Waals surface area contributed by atoms with Crippen LogP contribution in [0.3, 0.4) is 0 Å². The number of halogens is 3. The van der Waals surface area contributed by atoms with E-state index in [1.165, 1.54) is 12.1 Å². The van der Waals surface area contributed by atoms with Crippen LogP contribution in [0.2, 0.25) is 0 Å². The van der Waals surface area contributed by atoms with Crippen LogP contribution < -0.4 is 10.6 Å². The van der Waals surface area contributed by atoms with E-state index in [2.05, 4.69) is 10.6 Å². The molecule has 1 aliphatic rings. The monoisotopic (exact) mass is 606 g/mol. The van der Waals surface area contributed by atoms with Crippen LogP contribution >= 0.6 is 0 Å². The van der Waals surface area contributed by atoms with E-state index in [1.54, 1.807) is 30.3 Å². The van der Waals surface area contributed by atoms with Crippen molar-refractivity contribution in [3.05, 3.63) is 77.0 Å². The Morgan fingerprint density at radius 1 is 1.02 bits per heavy atom. The average molecular weight is 607 g/mol. The highest BCUT2D eigenvalue weighted by Crippen LogP contribution is 2.41. The molecule has 3 aromatic rings. The van der Waals surface area contributed by atoms with Crippen LogP contribution in [0.1, 0.15) is 71.8 Å². The molecular weight excluding hydrogens is 573 g/mol. The number of anilines is 1. The van der Waals surface area contributed by atoms with Crippen molar-refractivity contribution >= 4 is 27.4 Å². The van der Waals surface area contributed by atoms with Gasteiger partial charge in [-0.05, 0) is 61.2 Å². The summed E-state index contributed by atoms with van der Waals surface area (Å²) < 4.78 is 70.0. The van der Waals surface area contributed by atoms with Gasteiger partial charge in [-0.15, -0.1) is 0 Å². The standard InChI is InChI=1S/C30H33F3N2O6S/c1-42(39,40)18-26-24(17-25(41-26)19-7-11-22(12-8-19)30(31,32)33)28(20-5-3-2-4-6-20)35-23-13-9-21(10-14-23)29(38)34-16-15-27(36)37/h7-14,17,20,28,35H,2-6,15-16,18H2,1H3,(H,34,38)(H,36,37). The number of carbonyl (C=O) groups excluding carboxylic acids is 1. The summed E-state index contributed by atoms with van der Waals surface area (Å²) in [7, 11) is -3.51. The maximum Gasteiger partial charge on any atom is 0.416 e. The smallest absolute Gasteiger partial charge is 0.416 e. The van der Waals surface area contributed by atoms with Gasteiger partial charge in [0.15, 0.2) is 9.84 Å². The lowest BCUT2D eigenvalue weighted by Crippen LogP contribution is -2.26. The molecule has 1 aromatic heterocycles. The van der Waals surface area contributed by atoms with E-state index in [0.717, 1.165) is 50.5 Å². The summed E-state index contributed by atoms with van der Waals surface area (Å²) in [5.74, 6) is -1.16. The molecule has 0 spiro atoms. The zero-order valence-corrected chi connectivity index (χ0v) is 23.9. The SMILES string of the molecule is CS(=O)(=O)Cc1oc(-c2ccc(C(F)(F)F)cc2)cc1C(Nc1ccc(C(=O)NCCC(=O)O)cc1)C1CCCCC1. The molecule has 0 bridgehead atoms. The molecule has 1 fully saturated rings. The summed E-state index contributed by atoms with van der Waals surface area (Å²) >= 11 is 0. The van der Waals surface area contributed by atoms with E-state index in [0.29, 0.717) is 22.4 Å². The number of nitrogens with one attached hydrogen (secondary N) is 2. The molecule has 42 heavy (non-hydrogen) atoms. The highest BCUT2D eigenvalue weighted by molar-refractivity contribution is 7.89. The third-order valence-corrected chi connectivity index (χ3v) is 8.07. The minimum Gasteiger partial charge on any atom is -0.481 e. The maximum atomic E-state index is 13.1. The van der Waals surface area contributed by atoms with Gasteiger partial charge in [-0.1, -0.05) is 31.4 Å². The number of alkyl halides is 3. The van der Waals surface area contributed by atoms with Gasteiger partial charge >= 0.3 is 12.1 Å². The Hall–Kier alpha value is -3.80. The van der Waals surface area contributed by atoms with Crippen LogP contribution in [0, 0.1) is 5.92 Å². The maximum absolute atomic E-state index is 13.1. The van der Waals surface area contributed by atoms with Crippen molar-refractivity contribution in [2.45, 2.75) is 56.5 Å². The van der Waals surface area contributed by atoms with Crippen molar-refractivity contribution in [1.82, 2.24) is 5.32 Å². The van der Waals surface area contributed by atoms with E-state index in [1.807, 2.05) is 0 Å². The third-order valence-electron chi connectivity index (χ3n) is 7.28. The lowest BCUT2D eigenvalue weighted by Gasteiger charge is -2.32. The van der Waals surface area contributed by atoms with Gasteiger partial charge in [0.2, 0.25) is 0 Å². The predicted octanol–water partition coefficient (Wildman–Crippen LogP) is 6.45. The normalized spacial score (nSPS) is 15.2. The molecule has 0 aliphatic heterocycles. The summed E-state index contributed by atoms with van der Waals surface area (Å²) in [5, 5.41) is 14.8. The Bertz CT molecular complexity index is 1490. The zero-order valence-electron chi connectivity index (χ0n) is 23.0. The fraction of sp³-hybridized carbons (Fsp3) is 0.400. The molecule has 2 aromatic carbocycles. The largest absolute Gasteiger partial charge is 0.481 e. The van der Waals surface area contributed by atoms with Crippen molar-refractivity contribution < 1.29 is 40.7 Å². The average Bonchev–Trinajstić information content (AvgIpc) is 3.33. The van der Waals surface area contributed by atoms with Gasteiger partial charge in [-0.25, -0.2) is 8.42 Å².